The van der Waals surface area contributed by atoms with Gasteiger partial charge in [-0.2, -0.15) is 0 Å². The van der Waals surface area contributed by atoms with Crippen molar-refractivity contribution in [3.05, 3.63) is 20.9 Å². The van der Waals surface area contributed by atoms with Crippen molar-refractivity contribution in [1.29, 1.82) is 5.41 Å². The zero-order chi connectivity index (χ0) is 54.8. The van der Waals surface area contributed by atoms with E-state index in [1.54, 1.807) is 0 Å². The summed E-state index contributed by atoms with van der Waals surface area (Å²) in [5, 5.41) is 16.2. The average molecular weight is 1120 g/mol. The van der Waals surface area contributed by atoms with Gasteiger partial charge in [0.15, 0.2) is 18.7 Å². The van der Waals surface area contributed by atoms with Gasteiger partial charge < -0.3 is 66.3 Å². The highest BCUT2D eigenvalue weighted by molar-refractivity contribution is 6.76. The summed E-state index contributed by atoms with van der Waals surface area (Å²) in [4.78, 5) is 58.2. The number of rotatable bonds is 32. The molecule has 1 N–H and O–H groups in total. The number of hydrogen-bond donors (Lipinski definition) is 1. The van der Waals surface area contributed by atoms with Crippen LogP contribution in [0.5, 0.6) is 0 Å². The molecule has 422 valence electrons. The van der Waals surface area contributed by atoms with Crippen molar-refractivity contribution in [2.24, 2.45) is 10.2 Å². The molecular weight excluding hydrogens is 1040 g/mol. The van der Waals surface area contributed by atoms with Crippen molar-refractivity contribution in [3.63, 3.8) is 0 Å². The number of hydrogen-bond acceptors (Lipinski definition) is 21. The predicted molar refractivity (Wildman–Crippen MR) is 264 cm³/mol. The van der Waals surface area contributed by atoms with Gasteiger partial charge in [0.1, 0.15) is 74.1 Å². The van der Waals surface area contributed by atoms with E-state index in [1.807, 2.05) is 34.6 Å². The number of carbonyl (C=O) groups excluding carboxylic acids is 4. The highest BCUT2D eigenvalue weighted by atomic mass is 35.6. The molecule has 0 amide bonds. The van der Waals surface area contributed by atoms with Crippen LogP contribution >= 0.6 is 34.8 Å². The SMILES string of the molecule is CCCCOC(=O)[C@@H]1O[C@@H](O[C@H]2C(OC(C)=O)C(N=[N+]=[N-])[C@@H](OC(=N)C(Cl)(Cl)Cl)O[C@H]2COC(C)=O)[C@@H](OCCCC)C(OCCCC)[C@@H]1O[C@H]1O[C@@H](COC(C)=O)[C@@H](OCCCC)[C@H](OCCCC)C1N=[N+]=[N-]. The molecule has 74 heavy (non-hydrogen) atoms. The molecule has 0 bridgehead atoms. The normalized spacial score (nSPS) is 30.0. The molecule has 3 aliphatic heterocycles. The lowest BCUT2D eigenvalue weighted by molar-refractivity contribution is -0.369. The van der Waals surface area contributed by atoms with Gasteiger partial charge in [0.2, 0.25) is 12.2 Å². The summed E-state index contributed by atoms with van der Waals surface area (Å²) in [5.41, 5.74) is 19.9. The number of nitrogens with one attached hydrogen (secondary N) is 1. The second-order valence-electron chi connectivity index (χ2n) is 17.5. The van der Waals surface area contributed by atoms with E-state index in [1.165, 1.54) is 6.92 Å². The first-order chi connectivity index (χ1) is 35.4. The molecule has 0 spiro atoms. The summed E-state index contributed by atoms with van der Waals surface area (Å²) >= 11 is 17.8. The Morgan fingerprint density at radius 3 is 1.46 bits per heavy atom. The summed E-state index contributed by atoms with van der Waals surface area (Å²) in [5.74, 6) is -4.22. The second-order valence-corrected chi connectivity index (χ2v) is 19.8. The van der Waals surface area contributed by atoms with Crippen LogP contribution in [-0.2, 0) is 85.5 Å². The lowest BCUT2D eigenvalue weighted by atomic mass is 9.94. The number of halogens is 3. The van der Waals surface area contributed by atoms with Crippen molar-refractivity contribution < 1.29 is 85.5 Å². The lowest BCUT2D eigenvalue weighted by Gasteiger charge is -2.50. The molecule has 0 aromatic carbocycles. The number of esters is 4. The Balaban J connectivity index is 2.35. The van der Waals surface area contributed by atoms with Gasteiger partial charge in [-0.25, -0.2) is 4.79 Å². The van der Waals surface area contributed by atoms with Gasteiger partial charge in [0.25, 0.3) is 3.79 Å². The Kier molecular flexibility index (Phi) is 30.0. The smallest absolute Gasteiger partial charge is 0.338 e. The molecular formula is C46H74Cl3N7O18. The minimum absolute atomic E-state index is 0.0467. The third-order valence-corrected chi connectivity index (χ3v) is 12.1. The Bertz CT molecular complexity index is 1850. The number of nitrogens with zero attached hydrogens (tertiary/aromatic N) is 6. The summed E-state index contributed by atoms with van der Waals surface area (Å²) < 4.78 is 84.5. The predicted octanol–water partition coefficient (Wildman–Crippen LogP) is 7.80. The Hall–Kier alpha value is -3.52. The Morgan fingerprint density at radius 1 is 0.527 bits per heavy atom. The summed E-state index contributed by atoms with van der Waals surface area (Å²) in [6.07, 6.45) is -12.7. The van der Waals surface area contributed by atoms with E-state index < -0.39 is 132 Å². The number of alkyl halides is 3. The molecule has 0 radical (unpaired) electrons. The van der Waals surface area contributed by atoms with Gasteiger partial charge in [0, 0.05) is 57.0 Å². The van der Waals surface area contributed by atoms with Gasteiger partial charge in [-0.1, -0.05) is 112 Å². The minimum atomic E-state index is -2.44. The maximum atomic E-state index is 14.6. The molecule has 3 saturated heterocycles. The fourth-order valence-electron chi connectivity index (χ4n) is 7.88. The monoisotopic (exact) mass is 1120 g/mol. The largest absolute Gasteiger partial charge is 0.464 e. The molecule has 3 fully saturated rings. The third-order valence-electron chi connectivity index (χ3n) is 11.6. The van der Waals surface area contributed by atoms with Gasteiger partial charge in [-0.3, -0.25) is 19.8 Å². The first kappa shape index (κ1) is 64.8. The molecule has 3 heterocycles. The molecule has 25 nitrogen and oxygen atoms in total. The number of ether oxygens (including phenoxy) is 14. The number of unbranched alkanes of at least 4 members (excludes halogenated alkanes) is 5. The van der Waals surface area contributed by atoms with E-state index in [0.717, 1.165) is 26.7 Å². The maximum Gasteiger partial charge on any atom is 0.338 e. The fourth-order valence-corrected chi connectivity index (χ4v) is 8.01. The van der Waals surface area contributed by atoms with Gasteiger partial charge in [-0.15, -0.1) is 0 Å². The van der Waals surface area contributed by atoms with E-state index in [0.29, 0.717) is 51.4 Å². The van der Waals surface area contributed by atoms with Crippen LogP contribution in [0, 0.1) is 5.41 Å². The summed E-state index contributed by atoms with van der Waals surface area (Å²) in [6, 6.07) is -2.98. The van der Waals surface area contributed by atoms with Crippen molar-refractivity contribution in [3.8, 4) is 0 Å². The Labute approximate surface area is 446 Å². The van der Waals surface area contributed by atoms with Gasteiger partial charge in [-0.05, 0) is 43.2 Å². The van der Waals surface area contributed by atoms with Crippen LogP contribution in [0.25, 0.3) is 20.9 Å². The lowest BCUT2D eigenvalue weighted by Crippen LogP contribution is -2.68. The minimum Gasteiger partial charge on any atom is -0.464 e. The average Bonchev–Trinajstić information content (AvgIpc) is 3.34. The number of carbonyl (C=O) groups is 4. The summed E-state index contributed by atoms with van der Waals surface area (Å²) in [6.45, 7) is 12.8. The van der Waals surface area contributed by atoms with E-state index in [2.05, 4.69) is 20.1 Å². The molecule has 3 aliphatic rings. The van der Waals surface area contributed by atoms with Crippen LogP contribution in [0.2, 0.25) is 0 Å². The molecule has 4 unspecified atom stereocenters. The van der Waals surface area contributed by atoms with E-state index in [4.69, 9.17) is 107 Å². The molecule has 28 heteroatoms. The zero-order valence-electron chi connectivity index (χ0n) is 43.3. The first-order valence-electron chi connectivity index (χ1n) is 25.2. The van der Waals surface area contributed by atoms with Crippen LogP contribution in [0.4, 0.5) is 0 Å². The van der Waals surface area contributed by atoms with Crippen molar-refractivity contribution in [2.45, 2.75) is 215 Å². The molecule has 3 rings (SSSR count). The van der Waals surface area contributed by atoms with E-state index in [9.17, 15) is 30.2 Å². The van der Waals surface area contributed by atoms with Crippen molar-refractivity contribution in [1.82, 2.24) is 0 Å². The highest BCUT2D eigenvalue weighted by Gasteiger charge is 2.59. The quantitative estimate of drug-likeness (QED) is 0.00772. The fraction of sp³-hybridized carbons (Fsp3) is 0.891. The Morgan fingerprint density at radius 2 is 0.973 bits per heavy atom. The zero-order valence-corrected chi connectivity index (χ0v) is 45.6. The van der Waals surface area contributed by atoms with Crippen LogP contribution in [-0.4, -0.2) is 172 Å². The van der Waals surface area contributed by atoms with Crippen molar-refractivity contribution in [2.75, 3.05) is 46.2 Å². The first-order valence-corrected chi connectivity index (χ1v) is 26.3. The van der Waals surface area contributed by atoms with Crippen LogP contribution in [0.3, 0.4) is 0 Å². The highest BCUT2D eigenvalue weighted by Crippen LogP contribution is 2.39. The van der Waals surface area contributed by atoms with E-state index in [-0.39, 0.29) is 39.6 Å². The molecule has 0 saturated carbocycles. The standard InChI is InChI=1S/C46H74Cl3N7O18/c1-9-14-19-61-33-29(24-66-26(6)57)69-42(31(53-55-51)35(33)62-20-15-10-2)72-38-37(63-21-16-11-3)40(64-22-17-12-4)44(73-39(38)41(60)65-23-18-13-5)71-34-30(25-67-27(7)58)70-43(74-45(50)46(47,48)49)32(54-56-52)36(34)68-28(8)59/h29-40,42-44,50H,9-25H2,1-8H3/t29-,30-,31?,32?,33+,34+,35+,36?,37?,38-,39+,40-,42+,43+,44+/m0/s1. The third kappa shape index (κ3) is 20.5. The van der Waals surface area contributed by atoms with Crippen LogP contribution in [0.1, 0.15) is 120 Å². The molecule has 0 aromatic heterocycles. The maximum absolute atomic E-state index is 14.6. The van der Waals surface area contributed by atoms with E-state index >= 15 is 0 Å². The van der Waals surface area contributed by atoms with Crippen LogP contribution < -0.4 is 0 Å². The van der Waals surface area contributed by atoms with Crippen molar-refractivity contribution >= 4 is 64.6 Å². The van der Waals surface area contributed by atoms with Gasteiger partial charge >= 0.3 is 23.9 Å². The number of azide groups is 2. The molecule has 15 atom stereocenters. The second kappa shape index (κ2) is 34.3. The van der Waals surface area contributed by atoms with Gasteiger partial charge in [0.05, 0.1) is 12.7 Å². The summed E-state index contributed by atoms with van der Waals surface area (Å²) in [7, 11) is 0. The molecule has 0 aromatic rings. The molecule has 0 aliphatic carbocycles. The van der Waals surface area contributed by atoms with Crippen LogP contribution in [0.15, 0.2) is 10.2 Å². The topological polar surface area (TPSA) is 319 Å².